The highest BCUT2D eigenvalue weighted by Gasteiger charge is 2.31. The molecule has 2 aromatic carbocycles. The monoisotopic (exact) mass is 546 g/mol. The van der Waals surface area contributed by atoms with Gasteiger partial charge in [0.15, 0.2) is 5.78 Å². The van der Waals surface area contributed by atoms with Crippen LogP contribution in [0.5, 0.6) is 0 Å². The van der Waals surface area contributed by atoms with Crippen molar-refractivity contribution in [2.75, 3.05) is 11.9 Å². The van der Waals surface area contributed by atoms with E-state index >= 15 is 0 Å². The number of Topliss-reactive ketones (excluding diaryl/α,β-unsaturated/α-hetero) is 1. The van der Waals surface area contributed by atoms with Gasteiger partial charge in [0.25, 0.3) is 5.91 Å². The van der Waals surface area contributed by atoms with E-state index in [-0.39, 0.29) is 14.3 Å². The average Bonchev–Trinajstić information content (AvgIpc) is 2.91. The number of nitriles is 1. The second kappa shape index (κ2) is 14.9. The smallest absolute Gasteiger partial charge is 0.270 e. The number of ketones is 1. The van der Waals surface area contributed by atoms with Crippen molar-refractivity contribution in [1.29, 1.82) is 10.7 Å². The largest absolute Gasteiger partial charge is 0.490 e. The molecule has 1 atom stereocenters. The normalized spacial score (nSPS) is 16.4. The lowest BCUT2D eigenvalue weighted by molar-refractivity contribution is -0.126. The van der Waals surface area contributed by atoms with Gasteiger partial charge in [0.05, 0.1) is 24.3 Å². The van der Waals surface area contributed by atoms with Gasteiger partial charge < -0.3 is 15.4 Å². The first-order valence-electron chi connectivity index (χ1n) is 13.7. The number of amides is 1. The van der Waals surface area contributed by atoms with Crippen molar-refractivity contribution in [3.8, 4) is 6.07 Å². The van der Waals surface area contributed by atoms with Crippen LogP contribution in [0.3, 0.4) is 0 Å². The molecule has 0 aliphatic heterocycles. The Kier molecular flexibility index (Phi) is 11.9. The van der Waals surface area contributed by atoms with Gasteiger partial charge in [0.2, 0.25) is 0 Å². The topological polar surface area (TPSA) is 115 Å². The van der Waals surface area contributed by atoms with Gasteiger partial charge in [-0.25, -0.2) is 0 Å². The standard InChI is InChI=1S/C23H26N4O2.C10H16O.2H2/c1-15(28)21(23(2,3)4)27-22(29)20(25)18-7-5-6-8-19(18)26-14-17-11-9-16(13-24)10-12-17;1-4-10(11-5-2)9-6-8(3)7-9;;/h5-12,21,25-26H,14H2,1-4H3,(H,27,29);8-9H,1,5-7H2,2-3H3;2*1H. The van der Waals surface area contributed by atoms with E-state index in [0.717, 1.165) is 23.8 Å². The first-order valence-corrected chi connectivity index (χ1v) is 13.7. The molecule has 3 N–H and O–H groups in total. The van der Waals surface area contributed by atoms with Crippen LogP contribution in [-0.4, -0.2) is 30.1 Å². The highest BCUT2D eigenvalue weighted by atomic mass is 16.5. The molecule has 7 nitrogen and oxygen atoms in total. The number of benzene rings is 2. The quantitative estimate of drug-likeness (QED) is 0.171. The van der Waals surface area contributed by atoms with Crippen LogP contribution in [0.25, 0.3) is 0 Å². The van der Waals surface area contributed by atoms with E-state index in [1.165, 1.54) is 19.8 Å². The first kappa shape index (κ1) is 32.1. The van der Waals surface area contributed by atoms with Gasteiger partial charge in [-0.15, -0.1) is 0 Å². The molecular weight excluding hydrogens is 500 g/mol. The highest BCUT2D eigenvalue weighted by Crippen LogP contribution is 2.38. The first-order chi connectivity index (χ1) is 18.9. The number of hydrogen-bond acceptors (Lipinski definition) is 6. The Bertz CT molecular complexity index is 1280. The fourth-order valence-corrected chi connectivity index (χ4v) is 4.59. The molecule has 1 aliphatic carbocycles. The van der Waals surface area contributed by atoms with Gasteiger partial charge in [-0.05, 0) is 61.8 Å². The summed E-state index contributed by atoms with van der Waals surface area (Å²) in [6.45, 7) is 16.2. The van der Waals surface area contributed by atoms with Crippen LogP contribution in [0.2, 0.25) is 0 Å². The maximum atomic E-state index is 12.7. The molecule has 0 radical (unpaired) electrons. The van der Waals surface area contributed by atoms with Crippen LogP contribution in [0.1, 0.15) is 73.9 Å². The number of para-hydroxylation sites is 1. The van der Waals surface area contributed by atoms with Gasteiger partial charge in [-0.2, -0.15) is 5.26 Å². The number of nitrogens with one attached hydrogen (secondary N) is 3. The van der Waals surface area contributed by atoms with E-state index < -0.39 is 17.4 Å². The minimum atomic E-state index is -0.672. The molecule has 216 valence electrons. The lowest BCUT2D eigenvalue weighted by Crippen LogP contribution is -2.50. The number of carbonyl (C=O) groups excluding carboxylic acids is 2. The van der Waals surface area contributed by atoms with E-state index in [9.17, 15) is 9.59 Å². The minimum Gasteiger partial charge on any atom is -0.490 e. The summed E-state index contributed by atoms with van der Waals surface area (Å²) >= 11 is 0. The summed E-state index contributed by atoms with van der Waals surface area (Å²) in [6, 6.07) is 15.7. The fourth-order valence-electron chi connectivity index (χ4n) is 4.59. The van der Waals surface area contributed by atoms with Gasteiger partial charge in [0.1, 0.15) is 11.5 Å². The van der Waals surface area contributed by atoms with E-state index in [0.29, 0.717) is 29.3 Å². The molecule has 1 unspecified atom stereocenters. The van der Waals surface area contributed by atoms with Crippen molar-refractivity contribution in [2.45, 2.75) is 67.0 Å². The summed E-state index contributed by atoms with van der Waals surface area (Å²) in [5.41, 5.74) is 4.88. The van der Waals surface area contributed by atoms with Crippen molar-refractivity contribution < 1.29 is 17.2 Å². The maximum Gasteiger partial charge on any atom is 0.270 e. The Balaban J connectivity index is 0.00000109. The highest BCUT2D eigenvalue weighted by molar-refractivity contribution is 6.45. The third-order valence-electron chi connectivity index (χ3n) is 6.76. The van der Waals surface area contributed by atoms with Crippen LogP contribution >= 0.6 is 0 Å². The number of hydrogen-bond donors (Lipinski definition) is 3. The molecule has 1 fully saturated rings. The molecule has 1 saturated carbocycles. The third-order valence-corrected chi connectivity index (χ3v) is 6.76. The molecule has 1 aliphatic rings. The van der Waals surface area contributed by atoms with Crippen LogP contribution in [0.4, 0.5) is 5.69 Å². The molecular formula is C33H46N4O3. The van der Waals surface area contributed by atoms with E-state index in [4.69, 9.17) is 15.4 Å². The predicted molar refractivity (Wildman–Crippen MR) is 164 cm³/mol. The molecule has 1 amide bonds. The van der Waals surface area contributed by atoms with Crippen LogP contribution < -0.4 is 10.6 Å². The summed E-state index contributed by atoms with van der Waals surface area (Å²) in [4.78, 5) is 24.6. The molecule has 2 aromatic rings. The maximum absolute atomic E-state index is 12.7. The van der Waals surface area contributed by atoms with Crippen LogP contribution in [-0.2, 0) is 20.9 Å². The summed E-state index contributed by atoms with van der Waals surface area (Å²) in [5.74, 6) is 1.72. The molecule has 0 saturated heterocycles. The Morgan fingerprint density at radius 1 is 1.18 bits per heavy atom. The minimum absolute atomic E-state index is 0. The van der Waals surface area contributed by atoms with Gasteiger partial charge in [-0.1, -0.05) is 70.3 Å². The average molecular weight is 547 g/mol. The van der Waals surface area contributed by atoms with Crippen LogP contribution in [0, 0.1) is 34.0 Å². The number of carbonyl (C=O) groups is 2. The SMILES string of the molecule is C=C=C(OCC)C1CC(C)C1.CC(=O)C(NC(=O)C(=N)c1ccccc1NCc1ccc(C#N)cc1)C(C)(C)C.[HH].[HH]. The molecule has 3 rings (SSSR count). The second-order valence-electron chi connectivity index (χ2n) is 11.2. The lowest BCUT2D eigenvalue weighted by Gasteiger charge is -2.32. The number of nitrogens with zero attached hydrogens (tertiary/aromatic N) is 1. The molecule has 7 heteroatoms. The van der Waals surface area contributed by atoms with Crippen molar-refractivity contribution in [3.05, 3.63) is 83.3 Å². The fraction of sp³-hybridized carbons (Fsp3) is 0.424. The molecule has 0 bridgehead atoms. The van der Waals surface area contributed by atoms with Crippen LogP contribution in [0.15, 0.2) is 66.6 Å². The Morgan fingerprint density at radius 3 is 2.30 bits per heavy atom. The summed E-state index contributed by atoms with van der Waals surface area (Å²) in [6.07, 6.45) is 2.50. The van der Waals surface area contributed by atoms with E-state index in [1.54, 1.807) is 30.3 Å². The predicted octanol–water partition coefficient (Wildman–Crippen LogP) is 6.89. The zero-order chi connectivity index (χ0) is 29.9. The molecule has 0 aromatic heterocycles. The number of ether oxygens (including phenoxy) is 1. The number of rotatable bonds is 10. The Labute approximate surface area is 241 Å². The summed E-state index contributed by atoms with van der Waals surface area (Å²) < 4.78 is 5.39. The van der Waals surface area contributed by atoms with Gasteiger partial charge >= 0.3 is 0 Å². The lowest BCUT2D eigenvalue weighted by atomic mass is 9.75. The Morgan fingerprint density at radius 2 is 1.80 bits per heavy atom. The van der Waals surface area contributed by atoms with Gasteiger partial charge in [0, 0.05) is 26.6 Å². The molecule has 0 spiro atoms. The van der Waals surface area contributed by atoms with E-state index in [2.05, 4.69) is 35.9 Å². The van der Waals surface area contributed by atoms with Crippen molar-refractivity contribution in [1.82, 2.24) is 5.32 Å². The van der Waals surface area contributed by atoms with Gasteiger partial charge in [-0.3, -0.25) is 15.0 Å². The molecule has 40 heavy (non-hydrogen) atoms. The van der Waals surface area contributed by atoms with Crippen molar-refractivity contribution >= 4 is 23.1 Å². The zero-order valence-corrected chi connectivity index (χ0v) is 24.6. The van der Waals surface area contributed by atoms with Crippen molar-refractivity contribution in [2.24, 2.45) is 17.3 Å². The zero-order valence-electron chi connectivity index (χ0n) is 24.6. The van der Waals surface area contributed by atoms with Crippen molar-refractivity contribution in [3.63, 3.8) is 0 Å². The number of allylic oxidation sites excluding steroid dienone is 1. The van der Waals surface area contributed by atoms with E-state index in [1.807, 2.05) is 45.9 Å². The second-order valence-corrected chi connectivity index (χ2v) is 11.2. The third kappa shape index (κ3) is 9.25. The Hall–Kier alpha value is -4.14. The summed E-state index contributed by atoms with van der Waals surface area (Å²) in [7, 11) is 0. The number of anilines is 1. The summed E-state index contributed by atoms with van der Waals surface area (Å²) in [5, 5.41) is 23.2. The molecule has 0 heterocycles.